The van der Waals surface area contributed by atoms with Crippen molar-refractivity contribution < 1.29 is 0 Å². The van der Waals surface area contributed by atoms with E-state index in [0.717, 1.165) is 26.2 Å². The van der Waals surface area contributed by atoms with Crippen LogP contribution in [0.1, 0.15) is 27.7 Å². The zero-order valence-corrected chi connectivity index (χ0v) is 10.4. The molecule has 15 heavy (non-hydrogen) atoms. The fourth-order valence-corrected chi connectivity index (χ4v) is 1.87. The van der Waals surface area contributed by atoms with Gasteiger partial charge in [0.1, 0.15) is 11.6 Å². The van der Waals surface area contributed by atoms with Crippen molar-refractivity contribution in [1.82, 2.24) is 4.98 Å². The predicted molar refractivity (Wildman–Crippen MR) is 67.9 cm³/mol. The number of rotatable bonds is 6. The molecule has 0 aliphatic rings. The molecule has 0 spiro atoms. The van der Waals surface area contributed by atoms with Crippen LogP contribution >= 0.6 is 0 Å². The van der Waals surface area contributed by atoms with Crippen LogP contribution in [0.2, 0.25) is 0 Å². The maximum Gasteiger partial charge on any atom is 0.107 e. The van der Waals surface area contributed by atoms with Crippen LogP contribution in [0.5, 0.6) is 0 Å². The summed E-state index contributed by atoms with van der Waals surface area (Å²) >= 11 is 0. The van der Waals surface area contributed by atoms with Crippen LogP contribution in [0.15, 0.2) is 12.1 Å². The highest BCUT2D eigenvalue weighted by atomic mass is 15.2. The Bertz CT molecular complexity index is 246. The molecule has 0 aliphatic carbocycles. The van der Waals surface area contributed by atoms with Crippen molar-refractivity contribution in [2.24, 2.45) is 0 Å². The van der Waals surface area contributed by atoms with E-state index in [2.05, 4.69) is 54.6 Å². The molecule has 0 unspecified atom stereocenters. The van der Waals surface area contributed by atoms with Crippen LogP contribution in [0.3, 0.4) is 0 Å². The molecule has 0 amide bonds. The first-order chi connectivity index (χ1) is 7.26. The van der Waals surface area contributed by atoms with E-state index in [1.165, 1.54) is 11.6 Å². The van der Waals surface area contributed by atoms with Gasteiger partial charge in [0, 0.05) is 26.2 Å². The van der Waals surface area contributed by atoms with Gasteiger partial charge in [0.2, 0.25) is 0 Å². The van der Waals surface area contributed by atoms with Crippen molar-refractivity contribution in [2.45, 2.75) is 27.7 Å². The van der Waals surface area contributed by atoms with E-state index in [1.54, 1.807) is 0 Å². The van der Waals surface area contributed by atoms with E-state index < -0.39 is 0 Å². The molecule has 3 heteroatoms. The lowest BCUT2D eigenvalue weighted by Gasteiger charge is -2.21. The maximum absolute atomic E-state index is 3.47. The Morgan fingerprint density at radius 1 is 0.800 bits per heavy atom. The van der Waals surface area contributed by atoms with Gasteiger partial charge in [-0.05, 0) is 39.8 Å². The van der Waals surface area contributed by atoms with Gasteiger partial charge >= 0.3 is 0 Å². The Kier molecular flexibility index (Phi) is 4.53. The molecule has 0 atom stereocenters. The largest absolute Gasteiger partial charge is 0.359 e. The van der Waals surface area contributed by atoms with Gasteiger partial charge in [-0.25, -0.2) is 0 Å². The first-order valence-electron chi connectivity index (χ1n) is 5.95. The Labute approximate surface area is 93.1 Å². The van der Waals surface area contributed by atoms with E-state index in [-0.39, 0.29) is 0 Å². The molecular weight excluding hydrogens is 186 g/mol. The first-order valence-corrected chi connectivity index (χ1v) is 5.95. The van der Waals surface area contributed by atoms with Gasteiger partial charge in [-0.3, -0.25) is 0 Å². The van der Waals surface area contributed by atoms with Gasteiger partial charge in [-0.1, -0.05) is 0 Å². The highest BCUT2D eigenvalue weighted by Gasteiger charge is 2.07. The second kappa shape index (κ2) is 5.69. The standard InChI is InChI=1S/C12H23N3/c1-5-14(6-2)11-9-10-12(13-11)15(7-3)8-4/h9-10,13H,5-8H2,1-4H3. The average molecular weight is 209 g/mol. The molecule has 0 radical (unpaired) electrons. The Morgan fingerprint density at radius 3 is 1.40 bits per heavy atom. The van der Waals surface area contributed by atoms with E-state index in [0.29, 0.717) is 0 Å². The quantitative estimate of drug-likeness (QED) is 0.778. The Morgan fingerprint density at radius 2 is 1.13 bits per heavy atom. The van der Waals surface area contributed by atoms with Gasteiger partial charge < -0.3 is 14.8 Å². The minimum Gasteiger partial charge on any atom is -0.359 e. The summed E-state index contributed by atoms with van der Waals surface area (Å²) in [6.07, 6.45) is 0. The molecule has 1 aromatic rings. The van der Waals surface area contributed by atoms with E-state index in [4.69, 9.17) is 0 Å². The molecule has 86 valence electrons. The van der Waals surface area contributed by atoms with E-state index >= 15 is 0 Å². The second-order valence-corrected chi connectivity index (χ2v) is 3.57. The molecule has 1 heterocycles. The van der Waals surface area contributed by atoms with Crippen LogP contribution in [0.25, 0.3) is 0 Å². The van der Waals surface area contributed by atoms with Crippen LogP contribution < -0.4 is 9.80 Å². The average Bonchev–Trinajstić information content (AvgIpc) is 2.71. The van der Waals surface area contributed by atoms with Crippen LogP contribution in [-0.2, 0) is 0 Å². The van der Waals surface area contributed by atoms with Gasteiger partial charge in [0.25, 0.3) is 0 Å². The third kappa shape index (κ3) is 2.67. The topological polar surface area (TPSA) is 22.3 Å². The molecule has 0 saturated heterocycles. The van der Waals surface area contributed by atoms with Crippen molar-refractivity contribution in [3.05, 3.63) is 12.1 Å². The van der Waals surface area contributed by atoms with Crippen molar-refractivity contribution in [3.8, 4) is 0 Å². The fraction of sp³-hybridized carbons (Fsp3) is 0.667. The third-order valence-corrected chi connectivity index (χ3v) is 2.86. The normalized spacial score (nSPS) is 10.4. The number of anilines is 2. The van der Waals surface area contributed by atoms with E-state index in [9.17, 15) is 0 Å². The fourth-order valence-electron chi connectivity index (χ4n) is 1.87. The zero-order chi connectivity index (χ0) is 11.3. The van der Waals surface area contributed by atoms with Gasteiger partial charge in [-0.15, -0.1) is 0 Å². The monoisotopic (exact) mass is 209 g/mol. The molecule has 0 bridgehead atoms. The summed E-state index contributed by atoms with van der Waals surface area (Å²) in [6.45, 7) is 12.9. The van der Waals surface area contributed by atoms with Crippen molar-refractivity contribution >= 4 is 11.6 Å². The van der Waals surface area contributed by atoms with Gasteiger partial charge in [0.05, 0.1) is 0 Å². The minimum absolute atomic E-state index is 1.05. The van der Waals surface area contributed by atoms with Crippen LogP contribution in [0, 0.1) is 0 Å². The highest BCUT2D eigenvalue weighted by molar-refractivity contribution is 5.51. The molecule has 0 saturated carbocycles. The number of hydrogen-bond donors (Lipinski definition) is 1. The summed E-state index contributed by atoms with van der Waals surface area (Å²) in [5.74, 6) is 2.45. The molecule has 1 aromatic heterocycles. The lowest BCUT2D eigenvalue weighted by molar-refractivity contribution is 0.830. The molecular formula is C12H23N3. The third-order valence-electron chi connectivity index (χ3n) is 2.86. The molecule has 3 nitrogen and oxygen atoms in total. The zero-order valence-electron chi connectivity index (χ0n) is 10.4. The number of H-pyrrole nitrogens is 1. The summed E-state index contributed by atoms with van der Waals surface area (Å²) in [6, 6.07) is 4.33. The van der Waals surface area contributed by atoms with Crippen molar-refractivity contribution in [2.75, 3.05) is 36.0 Å². The molecule has 0 fully saturated rings. The lowest BCUT2D eigenvalue weighted by Crippen LogP contribution is -2.24. The SMILES string of the molecule is CCN(CC)c1ccc(N(CC)CC)[nH]1. The number of aromatic amines is 1. The summed E-state index contributed by atoms with van der Waals surface area (Å²) in [7, 11) is 0. The van der Waals surface area contributed by atoms with Crippen LogP contribution in [-0.4, -0.2) is 31.2 Å². The number of hydrogen-bond acceptors (Lipinski definition) is 2. The highest BCUT2D eigenvalue weighted by Crippen LogP contribution is 2.19. The maximum atomic E-state index is 3.47. The molecule has 1 N–H and O–H groups in total. The molecule has 0 aromatic carbocycles. The van der Waals surface area contributed by atoms with E-state index in [1.807, 2.05) is 0 Å². The molecule has 1 rings (SSSR count). The van der Waals surface area contributed by atoms with Gasteiger partial charge in [-0.2, -0.15) is 0 Å². The van der Waals surface area contributed by atoms with Crippen molar-refractivity contribution in [3.63, 3.8) is 0 Å². The van der Waals surface area contributed by atoms with Crippen molar-refractivity contribution in [1.29, 1.82) is 0 Å². The summed E-state index contributed by atoms with van der Waals surface area (Å²) in [5, 5.41) is 0. The smallest absolute Gasteiger partial charge is 0.107 e. The summed E-state index contributed by atoms with van der Waals surface area (Å²) in [4.78, 5) is 8.12. The number of nitrogens with one attached hydrogen (secondary N) is 1. The molecule has 0 aliphatic heterocycles. The predicted octanol–water partition coefficient (Wildman–Crippen LogP) is 2.71. The summed E-state index contributed by atoms with van der Waals surface area (Å²) < 4.78 is 0. The lowest BCUT2D eigenvalue weighted by atomic mass is 10.4. The van der Waals surface area contributed by atoms with Gasteiger partial charge in [0.15, 0.2) is 0 Å². The Hall–Kier alpha value is -1.12. The second-order valence-electron chi connectivity index (χ2n) is 3.57. The number of nitrogens with zero attached hydrogens (tertiary/aromatic N) is 2. The first kappa shape index (κ1) is 12.0. The Balaban J connectivity index is 2.78. The van der Waals surface area contributed by atoms with Crippen LogP contribution in [0.4, 0.5) is 11.6 Å². The number of aromatic nitrogens is 1. The summed E-state index contributed by atoms with van der Waals surface area (Å²) in [5.41, 5.74) is 0. The minimum atomic E-state index is 1.05.